The highest BCUT2D eigenvalue weighted by atomic mass is 35.5. The summed E-state index contributed by atoms with van der Waals surface area (Å²) in [6.07, 6.45) is 0.276. The summed E-state index contributed by atoms with van der Waals surface area (Å²) in [6.45, 7) is 7.11. The Morgan fingerprint density at radius 3 is 2.43 bits per heavy atom. The van der Waals surface area contributed by atoms with Crippen LogP contribution in [-0.2, 0) is 11.3 Å². The predicted octanol–water partition coefficient (Wildman–Crippen LogP) is 4.75. The third-order valence-electron chi connectivity index (χ3n) is 5.66. The zero-order valence-electron chi connectivity index (χ0n) is 19.7. The molecule has 4 rings (SSSR count). The first kappa shape index (κ1) is 25.5. The first-order valence-corrected chi connectivity index (χ1v) is 12.4. The van der Waals surface area contributed by atoms with Gasteiger partial charge in [0.25, 0.3) is 17.4 Å². The van der Waals surface area contributed by atoms with E-state index in [0.717, 1.165) is 5.56 Å². The van der Waals surface area contributed by atoms with Gasteiger partial charge in [0.2, 0.25) is 0 Å². The number of halogens is 3. The highest BCUT2D eigenvalue weighted by Gasteiger charge is 2.58. The van der Waals surface area contributed by atoms with Crippen molar-refractivity contribution in [2.45, 2.75) is 74.4 Å². The maximum Gasteiger partial charge on any atom is 0.408 e. The number of hydrogen-bond acceptors (Lipinski definition) is 5. The number of ether oxygens (including phenoxy) is 1. The molecule has 0 saturated heterocycles. The number of amides is 2. The fourth-order valence-electron chi connectivity index (χ4n) is 3.86. The third kappa shape index (κ3) is 5.64. The molecule has 2 N–H and O–H groups in total. The van der Waals surface area contributed by atoms with Gasteiger partial charge < -0.3 is 19.9 Å². The molecule has 0 radical (unpaired) electrons. The lowest BCUT2D eigenvalue weighted by molar-refractivity contribution is 0.0503. The van der Waals surface area contributed by atoms with E-state index in [1.54, 1.807) is 45.0 Å². The van der Waals surface area contributed by atoms with E-state index in [-0.39, 0.29) is 28.5 Å². The molecule has 1 aliphatic heterocycles. The number of benzene rings is 1. The first-order chi connectivity index (χ1) is 16.2. The molecule has 1 saturated carbocycles. The van der Waals surface area contributed by atoms with E-state index >= 15 is 0 Å². The highest BCUT2D eigenvalue weighted by Crippen LogP contribution is 2.45. The van der Waals surface area contributed by atoms with Gasteiger partial charge in [-0.15, -0.1) is 11.8 Å². The van der Waals surface area contributed by atoms with Gasteiger partial charge in [-0.25, -0.2) is 13.6 Å². The lowest BCUT2D eigenvalue weighted by Gasteiger charge is -2.23. The molecule has 2 amide bonds. The minimum atomic E-state index is -2.93. The van der Waals surface area contributed by atoms with Crippen LogP contribution in [0.5, 0.6) is 0 Å². The van der Waals surface area contributed by atoms with Crippen molar-refractivity contribution >= 4 is 35.4 Å². The van der Waals surface area contributed by atoms with Crippen molar-refractivity contribution in [1.29, 1.82) is 0 Å². The van der Waals surface area contributed by atoms with Gasteiger partial charge in [-0.3, -0.25) is 9.59 Å². The highest BCUT2D eigenvalue weighted by molar-refractivity contribution is 8.00. The summed E-state index contributed by atoms with van der Waals surface area (Å²) in [5, 5.41) is 5.35. The van der Waals surface area contributed by atoms with Crippen molar-refractivity contribution in [2.24, 2.45) is 0 Å². The number of nitrogens with zero attached hydrogens (tertiary/aromatic N) is 1. The molecule has 11 heteroatoms. The molecular weight excluding hydrogens is 500 g/mol. The number of alkyl halides is 2. The van der Waals surface area contributed by atoms with Crippen molar-refractivity contribution in [3.05, 3.63) is 62.5 Å². The van der Waals surface area contributed by atoms with Gasteiger partial charge in [0.05, 0.1) is 29.8 Å². The number of hydrogen-bond donors (Lipinski definition) is 2. The standard InChI is InChI=1S/C24H26ClF2N3O4S/c1-12-18(29-22(33)34-23(2,3)4)17-19(35-12)15(20(31)28-16-9-24(16,26)27)11-30(21(17)32)10-13-5-7-14(25)8-6-13/h5-8,11-12,16,18H,9-10H2,1-4H3,(H,28,31)(H,29,33)/t12-,16?,18+/m1/s1. The van der Waals surface area contributed by atoms with E-state index in [1.807, 2.05) is 6.92 Å². The molecule has 0 bridgehead atoms. The molecule has 35 heavy (non-hydrogen) atoms. The molecule has 1 fully saturated rings. The Bertz CT molecular complexity index is 1230. The topological polar surface area (TPSA) is 89.4 Å². The van der Waals surface area contributed by atoms with Crippen LogP contribution >= 0.6 is 23.4 Å². The summed E-state index contributed by atoms with van der Waals surface area (Å²) in [5.74, 6) is -3.62. The van der Waals surface area contributed by atoms with Crippen LogP contribution in [0, 0.1) is 0 Å². The number of carbonyl (C=O) groups is 2. The summed E-state index contributed by atoms with van der Waals surface area (Å²) < 4.78 is 33.6. The quantitative estimate of drug-likeness (QED) is 0.588. The van der Waals surface area contributed by atoms with Gasteiger partial charge >= 0.3 is 6.09 Å². The fourth-order valence-corrected chi connectivity index (χ4v) is 5.31. The van der Waals surface area contributed by atoms with Crippen LogP contribution in [0.1, 0.15) is 61.6 Å². The van der Waals surface area contributed by atoms with Crippen molar-refractivity contribution in [3.63, 3.8) is 0 Å². The van der Waals surface area contributed by atoms with E-state index in [2.05, 4.69) is 10.6 Å². The molecule has 3 atom stereocenters. The number of nitrogens with one attached hydrogen (secondary N) is 2. The Kier molecular flexibility index (Phi) is 6.65. The van der Waals surface area contributed by atoms with Crippen LogP contribution in [0.3, 0.4) is 0 Å². The number of rotatable bonds is 5. The Morgan fingerprint density at radius 2 is 1.86 bits per heavy atom. The van der Waals surface area contributed by atoms with Gasteiger partial charge in [0.1, 0.15) is 5.60 Å². The minimum absolute atomic E-state index is 0.113. The second-order valence-corrected chi connectivity index (χ2v) is 11.6. The van der Waals surface area contributed by atoms with Crippen molar-refractivity contribution in [2.75, 3.05) is 0 Å². The molecule has 1 aliphatic carbocycles. The van der Waals surface area contributed by atoms with Crippen LogP contribution in [-0.4, -0.2) is 39.4 Å². The average Bonchev–Trinajstić information content (AvgIpc) is 3.20. The minimum Gasteiger partial charge on any atom is -0.444 e. The number of carbonyl (C=O) groups excluding carboxylic acids is 2. The Labute approximate surface area is 210 Å². The van der Waals surface area contributed by atoms with Gasteiger partial charge in [-0.2, -0.15) is 0 Å². The lowest BCUT2D eigenvalue weighted by Crippen LogP contribution is -2.40. The molecule has 7 nitrogen and oxygen atoms in total. The second-order valence-electron chi connectivity index (χ2n) is 9.78. The Morgan fingerprint density at radius 1 is 1.23 bits per heavy atom. The van der Waals surface area contributed by atoms with E-state index in [1.165, 1.54) is 22.5 Å². The summed E-state index contributed by atoms with van der Waals surface area (Å²) >= 11 is 7.20. The molecule has 1 aromatic heterocycles. The zero-order chi connectivity index (χ0) is 25.7. The molecule has 188 valence electrons. The van der Waals surface area contributed by atoms with Crippen molar-refractivity contribution < 1.29 is 23.1 Å². The lowest BCUT2D eigenvalue weighted by atomic mass is 10.0. The number of thioether (sulfide) groups is 1. The molecule has 0 spiro atoms. The van der Waals surface area contributed by atoms with Gasteiger partial charge in [0, 0.05) is 27.8 Å². The largest absolute Gasteiger partial charge is 0.444 e. The van der Waals surface area contributed by atoms with E-state index in [0.29, 0.717) is 9.92 Å². The van der Waals surface area contributed by atoms with E-state index < -0.39 is 42.0 Å². The van der Waals surface area contributed by atoms with Crippen molar-refractivity contribution in [3.8, 4) is 0 Å². The molecule has 2 aromatic rings. The van der Waals surface area contributed by atoms with Crippen LogP contribution in [0.15, 0.2) is 40.2 Å². The Balaban J connectivity index is 1.73. The third-order valence-corrected chi connectivity index (χ3v) is 7.24. The fraction of sp³-hybridized carbons (Fsp3) is 0.458. The first-order valence-electron chi connectivity index (χ1n) is 11.1. The number of pyridine rings is 1. The van der Waals surface area contributed by atoms with Crippen LogP contribution in [0.25, 0.3) is 0 Å². The molecule has 1 unspecified atom stereocenters. The van der Waals surface area contributed by atoms with Gasteiger partial charge in [-0.05, 0) is 38.5 Å². The second kappa shape index (κ2) is 9.13. The maximum absolute atomic E-state index is 13.5. The number of alkyl carbamates (subject to hydrolysis) is 1. The van der Waals surface area contributed by atoms with Gasteiger partial charge in [-0.1, -0.05) is 30.7 Å². The molecular formula is C24H26ClF2N3O4S. The van der Waals surface area contributed by atoms with E-state index in [9.17, 15) is 23.2 Å². The summed E-state index contributed by atoms with van der Waals surface area (Å²) in [5.41, 5.74) is -0.0272. The number of aromatic nitrogens is 1. The molecule has 2 aliphatic rings. The zero-order valence-corrected chi connectivity index (χ0v) is 21.2. The van der Waals surface area contributed by atoms with Crippen LogP contribution in [0.2, 0.25) is 5.02 Å². The van der Waals surface area contributed by atoms with Crippen molar-refractivity contribution in [1.82, 2.24) is 15.2 Å². The summed E-state index contributed by atoms with van der Waals surface area (Å²) in [6, 6.07) is 4.90. The maximum atomic E-state index is 13.5. The molecule has 2 heterocycles. The summed E-state index contributed by atoms with van der Waals surface area (Å²) in [4.78, 5) is 39.5. The van der Waals surface area contributed by atoms with Crippen LogP contribution < -0.4 is 16.2 Å². The van der Waals surface area contributed by atoms with E-state index in [4.69, 9.17) is 16.3 Å². The SMILES string of the molecule is C[C@H]1Sc2c(C(=O)NC3CC3(F)F)cn(Cc3ccc(Cl)cc3)c(=O)c2[C@H]1NC(=O)OC(C)(C)C. The molecule has 1 aromatic carbocycles. The number of fused-ring (bicyclic) bond motifs is 1. The van der Waals surface area contributed by atoms with Crippen LogP contribution in [0.4, 0.5) is 13.6 Å². The van der Waals surface area contributed by atoms with Gasteiger partial charge in [0.15, 0.2) is 0 Å². The summed E-state index contributed by atoms with van der Waals surface area (Å²) in [7, 11) is 0. The average molecular weight is 526 g/mol. The normalized spacial score (nSPS) is 22.3. The predicted molar refractivity (Wildman–Crippen MR) is 130 cm³/mol. The monoisotopic (exact) mass is 525 g/mol. The Hall–Kier alpha value is -2.59. The smallest absolute Gasteiger partial charge is 0.408 e.